The Kier molecular flexibility index (Phi) is 5.39. The van der Waals surface area contributed by atoms with Gasteiger partial charge in [0.05, 0.1) is 5.56 Å². The first kappa shape index (κ1) is 21.2. The van der Waals surface area contributed by atoms with Gasteiger partial charge in [0.15, 0.2) is 0 Å². The lowest BCUT2D eigenvalue weighted by Gasteiger charge is -2.24. The lowest BCUT2D eigenvalue weighted by atomic mass is 9.95. The zero-order valence-corrected chi connectivity index (χ0v) is 17.8. The van der Waals surface area contributed by atoms with E-state index in [0.29, 0.717) is 16.9 Å². The maximum Gasteiger partial charge on any atom is 0.416 e. The number of anilines is 2. The van der Waals surface area contributed by atoms with Gasteiger partial charge in [-0.3, -0.25) is 4.40 Å². The van der Waals surface area contributed by atoms with Crippen LogP contribution in [0.3, 0.4) is 0 Å². The fraction of sp³-hybridized carbons (Fsp3) is 0.292. The molecule has 0 unspecified atom stereocenters. The molecule has 33 heavy (non-hydrogen) atoms. The van der Waals surface area contributed by atoms with Gasteiger partial charge in [0, 0.05) is 41.3 Å². The number of benzene rings is 1. The average Bonchev–Trinajstić information content (AvgIpc) is 3.17. The molecule has 4 aromatic rings. The Morgan fingerprint density at radius 2 is 1.55 bits per heavy atom. The number of nitrogens with two attached hydrogens (primary N) is 1. The molecule has 0 spiro atoms. The standard InChI is InChI=1S/C24H23F3N6/c25-24(26,27)18-9-6-15(7-10-18)21-22(31-19-4-2-1-3-5-19)33-14-16(8-11-20(33)32-21)17-12-29-23(28)30-13-17/h6-14,19,31H,1-5H2,(H2,28,29,30). The van der Waals surface area contributed by atoms with Gasteiger partial charge in [-0.25, -0.2) is 15.0 Å². The first-order valence-electron chi connectivity index (χ1n) is 10.9. The number of fused-ring (bicyclic) bond motifs is 1. The molecule has 5 rings (SSSR count). The molecule has 0 aliphatic heterocycles. The number of hydrogen-bond acceptors (Lipinski definition) is 5. The Labute approximate surface area is 188 Å². The van der Waals surface area contributed by atoms with E-state index in [9.17, 15) is 13.2 Å². The van der Waals surface area contributed by atoms with Gasteiger partial charge in [-0.05, 0) is 37.1 Å². The van der Waals surface area contributed by atoms with Crippen molar-refractivity contribution in [3.8, 4) is 22.4 Å². The van der Waals surface area contributed by atoms with E-state index >= 15 is 0 Å². The summed E-state index contributed by atoms with van der Waals surface area (Å²) in [6.07, 6.45) is 6.49. The monoisotopic (exact) mass is 452 g/mol. The van der Waals surface area contributed by atoms with E-state index in [1.165, 1.54) is 18.6 Å². The van der Waals surface area contributed by atoms with Crippen molar-refractivity contribution in [3.63, 3.8) is 0 Å². The van der Waals surface area contributed by atoms with Gasteiger partial charge in [-0.1, -0.05) is 31.4 Å². The summed E-state index contributed by atoms with van der Waals surface area (Å²) in [7, 11) is 0. The van der Waals surface area contributed by atoms with Gasteiger partial charge < -0.3 is 11.1 Å². The summed E-state index contributed by atoms with van der Waals surface area (Å²) < 4.78 is 41.1. The highest BCUT2D eigenvalue weighted by Gasteiger charge is 2.30. The second kappa shape index (κ2) is 8.38. The highest BCUT2D eigenvalue weighted by molar-refractivity contribution is 5.78. The largest absolute Gasteiger partial charge is 0.416 e. The third-order valence-corrected chi connectivity index (χ3v) is 6.06. The number of aromatic nitrogens is 4. The van der Waals surface area contributed by atoms with Gasteiger partial charge in [-0.2, -0.15) is 13.2 Å². The van der Waals surface area contributed by atoms with Gasteiger partial charge in [-0.15, -0.1) is 0 Å². The Morgan fingerprint density at radius 1 is 0.879 bits per heavy atom. The fourth-order valence-electron chi connectivity index (χ4n) is 4.30. The summed E-state index contributed by atoms with van der Waals surface area (Å²) in [4.78, 5) is 12.9. The summed E-state index contributed by atoms with van der Waals surface area (Å²) in [5.41, 5.74) is 8.57. The summed E-state index contributed by atoms with van der Waals surface area (Å²) >= 11 is 0. The summed E-state index contributed by atoms with van der Waals surface area (Å²) in [6.45, 7) is 0. The Morgan fingerprint density at radius 3 is 2.21 bits per heavy atom. The van der Waals surface area contributed by atoms with Crippen LogP contribution in [0.25, 0.3) is 28.0 Å². The SMILES string of the molecule is Nc1ncc(-c2ccc3nc(-c4ccc(C(F)(F)F)cc4)c(NC4CCCCC4)n3c2)cn1. The van der Waals surface area contributed by atoms with E-state index in [-0.39, 0.29) is 12.0 Å². The molecule has 6 nitrogen and oxygen atoms in total. The molecule has 1 fully saturated rings. The Bertz CT molecular complexity index is 1260. The number of nitrogens with one attached hydrogen (secondary N) is 1. The van der Waals surface area contributed by atoms with E-state index in [4.69, 9.17) is 10.7 Å². The minimum Gasteiger partial charge on any atom is -0.368 e. The molecule has 0 amide bonds. The lowest BCUT2D eigenvalue weighted by molar-refractivity contribution is -0.137. The van der Waals surface area contributed by atoms with E-state index < -0.39 is 11.7 Å². The summed E-state index contributed by atoms with van der Waals surface area (Å²) in [5, 5.41) is 3.63. The Hall–Kier alpha value is -3.62. The zero-order valence-electron chi connectivity index (χ0n) is 17.8. The average molecular weight is 452 g/mol. The minimum atomic E-state index is -4.38. The van der Waals surface area contributed by atoms with Crippen molar-refractivity contribution < 1.29 is 13.2 Å². The van der Waals surface area contributed by atoms with Crippen LogP contribution in [0, 0.1) is 0 Å². The molecule has 1 saturated carbocycles. The smallest absolute Gasteiger partial charge is 0.368 e. The number of imidazole rings is 1. The normalized spacial score (nSPS) is 15.1. The van der Waals surface area contributed by atoms with E-state index in [1.54, 1.807) is 12.4 Å². The molecular weight excluding hydrogens is 429 g/mol. The van der Waals surface area contributed by atoms with Crippen LogP contribution >= 0.6 is 0 Å². The van der Waals surface area contributed by atoms with Crippen LogP contribution < -0.4 is 11.1 Å². The lowest BCUT2D eigenvalue weighted by Crippen LogP contribution is -2.23. The second-order valence-corrected chi connectivity index (χ2v) is 8.34. The van der Waals surface area contributed by atoms with Crippen molar-refractivity contribution in [2.75, 3.05) is 11.1 Å². The Balaban J connectivity index is 1.61. The molecule has 0 saturated heterocycles. The first-order chi connectivity index (χ1) is 15.9. The van der Waals surface area contributed by atoms with Crippen molar-refractivity contribution in [3.05, 3.63) is 60.6 Å². The highest BCUT2D eigenvalue weighted by Crippen LogP contribution is 2.35. The van der Waals surface area contributed by atoms with Crippen LogP contribution in [0.1, 0.15) is 37.7 Å². The van der Waals surface area contributed by atoms with Crippen LogP contribution in [-0.2, 0) is 6.18 Å². The number of hydrogen-bond donors (Lipinski definition) is 2. The molecule has 3 aromatic heterocycles. The van der Waals surface area contributed by atoms with Crippen molar-refractivity contribution in [2.45, 2.75) is 44.3 Å². The molecule has 0 atom stereocenters. The molecule has 1 aromatic carbocycles. The number of alkyl halides is 3. The zero-order chi connectivity index (χ0) is 23.0. The third kappa shape index (κ3) is 4.35. The molecule has 1 aliphatic carbocycles. The van der Waals surface area contributed by atoms with Crippen LogP contribution in [0.2, 0.25) is 0 Å². The molecule has 1 aliphatic rings. The molecular formula is C24H23F3N6. The predicted molar refractivity (Wildman–Crippen MR) is 122 cm³/mol. The van der Waals surface area contributed by atoms with Gasteiger partial charge in [0.1, 0.15) is 17.2 Å². The van der Waals surface area contributed by atoms with Crippen molar-refractivity contribution in [2.24, 2.45) is 0 Å². The quantitative estimate of drug-likeness (QED) is 0.409. The number of nitrogens with zero attached hydrogens (tertiary/aromatic N) is 4. The van der Waals surface area contributed by atoms with Crippen LogP contribution in [0.4, 0.5) is 24.9 Å². The molecule has 170 valence electrons. The summed E-state index contributed by atoms with van der Waals surface area (Å²) in [5.74, 6) is 0.974. The molecule has 9 heteroatoms. The highest BCUT2D eigenvalue weighted by atomic mass is 19.4. The van der Waals surface area contributed by atoms with Crippen LogP contribution in [0.15, 0.2) is 55.0 Å². The number of pyridine rings is 1. The van der Waals surface area contributed by atoms with E-state index in [0.717, 1.165) is 54.8 Å². The number of rotatable bonds is 4. The third-order valence-electron chi connectivity index (χ3n) is 6.06. The van der Waals surface area contributed by atoms with Crippen molar-refractivity contribution in [1.29, 1.82) is 0 Å². The molecule has 3 heterocycles. The maximum atomic E-state index is 13.1. The number of halogens is 3. The molecule has 0 bridgehead atoms. The molecule has 0 radical (unpaired) electrons. The van der Waals surface area contributed by atoms with Crippen LogP contribution in [0.5, 0.6) is 0 Å². The van der Waals surface area contributed by atoms with Crippen molar-refractivity contribution in [1.82, 2.24) is 19.4 Å². The fourth-order valence-corrected chi connectivity index (χ4v) is 4.30. The van der Waals surface area contributed by atoms with Crippen LogP contribution in [-0.4, -0.2) is 25.4 Å². The minimum absolute atomic E-state index is 0.201. The van der Waals surface area contributed by atoms with E-state index in [2.05, 4.69) is 15.3 Å². The maximum absolute atomic E-state index is 13.1. The van der Waals surface area contributed by atoms with Crippen molar-refractivity contribution >= 4 is 17.4 Å². The number of nitrogen functional groups attached to an aromatic ring is 1. The van der Waals surface area contributed by atoms with Gasteiger partial charge >= 0.3 is 6.18 Å². The predicted octanol–water partition coefficient (Wildman–Crippen LogP) is 5.80. The second-order valence-electron chi connectivity index (χ2n) is 8.34. The van der Waals surface area contributed by atoms with Gasteiger partial charge in [0.25, 0.3) is 0 Å². The topological polar surface area (TPSA) is 81.1 Å². The van der Waals surface area contributed by atoms with E-state index in [1.807, 2.05) is 22.7 Å². The first-order valence-corrected chi connectivity index (χ1v) is 10.9. The van der Waals surface area contributed by atoms with Gasteiger partial charge in [0.2, 0.25) is 5.95 Å². The summed E-state index contributed by atoms with van der Waals surface area (Å²) in [6, 6.07) is 9.23. The molecule has 3 N–H and O–H groups in total.